The van der Waals surface area contributed by atoms with E-state index in [0.717, 1.165) is 5.56 Å². The highest BCUT2D eigenvalue weighted by atomic mass is 16.4. The fourth-order valence-corrected chi connectivity index (χ4v) is 2.44. The SMILES string of the molecule is O=C(Nc1ccccc1)[C@](O)(Cc1ccccc1)c1ccco1. The molecule has 1 amide bonds. The van der Waals surface area contributed by atoms with E-state index in [0.29, 0.717) is 5.69 Å². The molecule has 0 spiro atoms. The molecule has 0 aliphatic rings. The van der Waals surface area contributed by atoms with E-state index in [1.54, 1.807) is 24.3 Å². The Morgan fingerprint density at radius 3 is 2.22 bits per heavy atom. The number of carbonyl (C=O) groups is 1. The van der Waals surface area contributed by atoms with Gasteiger partial charge in [-0.05, 0) is 29.8 Å². The first-order valence-corrected chi connectivity index (χ1v) is 7.35. The summed E-state index contributed by atoms with van der Waals surface area (Å²) in [5.74, 6) is -0.308. The van der Waals surface area contributed by atoms with Crippen molar-refractivity contribution in [2.24, 2.45) is 0 Å². The largest absolute Gasteiger partial charge is 0.466 e. The molecular weight excluding hydrogens is 290 g/mol. The van der Waals surface area contributed by atoms with Crippen LogP contribution in [0.1, 0.15) is 11.3 Å². The molecule has 0 saturated carbocycles. The van der Waals surface area contributed by atoms with Gasteiger partial charge >= 0.3 is 0 Å². The summed E-state index contributed by atoms with van der Waals surface area (Å²) >= 11 is 0. The lowest BCUT2D eigenvalue weighted by molar-refractivity contribution is -0.136. The summed E-state index contributed by atoms with van der Waals surface area (Å²) < 4.78 is 5.32. The van der Waals surface area contributed by atoms with Gasteiger partial charge in [-0.2, -0.15) is 0 Å². The first-order valence-electron chi connectivity index (χ1n) is 7.35. The van der Waals surface area contributed by atoms with E-state index in [-0.39, 0.29) is 12.2 Å². The number of anilines is 1. The predicted octanol–water partition coefficient (Wildman–Crippen LogP) is 3.35. The van der Waals surface area contributed by atoms with E-state index in [9.17, 15) is 9.90 Å². The van der Waals surface area contributed by atoms with Gasteiger partial charge in [0.2, 0.25) is 5.60 Å². The van der Waals surface area contributed by atoms with E-state index in [1.165, 1.54) is 6.26 Å². The van der Waals surface area contributed by atoms with Crippen LogP contribution in [-0.4, -0.2) is 11.0 Å². The average Bonchev–Trinajstić information content (AvgIpc) is 3.12. The van der Waals surface area contributed by atoms with Gasteiger partial charge in [-0.15, -0.1) is 0 Å². The topological polar surface area (TPSA) is 62.5 Å². The number of benzene rings is 2. The molecule has 0 bridgehead atoms. The van der Waals surface area contributed by atoms with Crippen molar-refractivity contribution in [3.05, 3.63) is 90.4 Å². The van der Waals surface area contributed by atoms with E-state index in [4.69, 9.17) is 4.42 Å². The highest BCUT2D eigenvalue weighted by Crippen LogP contribution is 2.28. The fraction of sp³-hybridized carbons (Fsp3) is 0.105. The van der Waals surface area contributed by atoms with Gasteiger partial charge in [0.25, 0.3) is 5.91 Å². The van der Waals surface area contributed by atoms with Crippen LogP contribution < -0.4 is 5.32 Å². The maximum atomic E-state index is 12.7. The molecule has 0 fully saturated rings. The summed E-state index contributed by atoms with van der Waals surface area (Å²) in [6.45, 7) is 0. The van der Waals surface area contributed by atoms with Crippen molar-refractivity contribution in [2.75, 3.05) is 5.32 Å². The predicted molar refractivity (Wildman–Crippen MR) is 87.8 cm³/mol. The van der Waals surface area contributed by atoms with Crippen molar-refractivity contribution < 1.29 is 14.3 Å². The maximum Gasteiger partial charge on any atom is 0.264 e. The molecule has 3 rings (SSSR count). The summed E-state index contributed by atoms with van der Waals surface area (Å²) in [7, 11) is 0. The second kappa shape index (κ2) is 6.50. The van der Waals surface area contributed by atoms with Gasteiger partial charge in [0.15, 0.2) is 0 Å². The third-order valence-electron chi connectivity index (χ3n) is 3.64. The molecule has 0 aliphatic heterocycles. The minimum atomic E-state index is -1.78. The number of hydrogen-bond donors (Lipinski definition) is 2. The Morgan fingerprint density at radius 2 is 1.61 bits per heavy atom. The molecular formula is C19H17NO3. The Bertz CT molecular complexity index is 754. The number of para-hydroxylation sites is 1. The third-order valence-corrected chi connectivity index (χ3v) is 3.64. The van der Waals surface area contributed by atoms with Gasteiger partial charge in [-0.3, -0.25) is 4.79 Å². The molecule has 3 aromatic rings. The number of furan rings is 1. The van der Waals surface area contributed by atoms with Gasteiger partial charge in [0.1, 0.15) is 5.76 Å². The van der Waals surface area contributed by atoms with Crippen LogP contribution in [0.3, 0.4) is 0 Å². The first-order chi connectivity index (χ1) is 11.2. The Morgan fingerprint density at radius 1 is 0.957 bits per heavy atom. The third kappa shape index (κ3) is 3.33. The molecule has 4 nitrogen and oxygen atoms in total. The van der Waals surface area contributed by atoms with E-state index in [2.05, 4.69) is 5.32 Å². The molecule has 0 aliphatic carbocycles. The van der Waals surface area contributed by atoms with Crippen LogP contribution in [0.2, 0.25) is 0 Å². The monoisotopic (exact) mass is 307 g/mol. The summed E-state index contributed by atoms with van der Waals surface area (Å²) in [6.07, 6.45) is 1.57. The zero-order valence-electron chi connectivity index (χ0n) is 12.5. The molecule has 1 heterocycles. The Labute approximate surface area is 134 Å². The fourth-order valence-electron chi connectivity index (χ4n) is 2.44. The van der Waals surface area contributed by atoms with Gasteiger partial charge in [0.05, 0.1) is 6.26 Å². The quantitative estimate of drug-likeness (QED) is 0.760. The van der Waals surface area contributed by atoms with Crippen molar-refractivity contribution in [2.45, 2.75) is 12.0 Å². The Kier molecular flexibility index (Phi) is 4.26. The Balaban J connectivity index is 1.90. The molecule has 0 unspecified atom stereocenters. The number of amides is 1. The molecule has 116 valence electrons. The van der Waals surface area contributed by atoms with Crippen molar-refractivity contribution >= 4 is 11.6 Å². The van der Waals surface area contributed by atoms with Crippen LogP contribution in [0.4, 0.5) is 5.69 Å². The molecule has 1 aromatic heterocycles. The number of nitrogens with one attached hydrogen (secondary N) is 1. The molecule has 0 radical (unpaired) electrons. The number of carbonyl (C=O) groups excluding carboxylic acids is 1. The van der Waals surface area contributed by atoms with Crippen molar-refractivity contribution in [3.63, 3.8) is 0 Å². The molecule has 2 aromatic carbocycles. The molecule has 2 N–H and O–H groups in total. The lowest BCUT2D eigenvalue weighted by Crippen LogP contribution is -2.42. The molecule has 1 atom stereocenters. The highest BCUT2D eigenvalue weighted by molar-refractivity contribution is 5.97. The van der Waals surface area contributed by atoms with Gasteiger partial charge in [0, 0.05) is 12.1 Å². The second-order valence-electron chi connectivity index (χ2n) is 5.32. The van der Waals surface area contributed by atoms with Crippen molar-refractivity contribution in [1.29, 1.82) is 0 Å². The molecule has 0 saturated heterocycles. The Hall–Kier alpha value is -2.85. The number of rotatable bonds is 5. The van der Waals surface area contributed by atoms with Crippen LogP contribution in [0.25, 0.3) is 0 Å². The standard InChI is InChI=1S/C19H17NO3/c21-18(20-16-10-5-2-6-11-16)19(22,17-12-7-13-23-17)14-15-8-3-1-4-9-15/h1-13,22H,14H2,(H,20,21)/t19-/m0/s1. The summed E-state index contributed by atoms with van der Waals surface area (Å²) in [5.41, 5.74) is -0.314. The minimum absolute atomic E-state index is 0.125. The molecule has 23 heavy (non-hydrogen) atoms. The normalized spacial score (nSPS) is 13.3. The van der Waals surface area contributed by atoms with Crippen LogP contribution in [0.5, 0.6) is 0 Å². The lowest BCUT2D eigenvalue weighted by atomic mass is 9.91. The molecule has 4 heteroatoms. The zero-order chi connectivity index (χ0) is 16.1. The zero-order valence-corrected chi connectivity index (χ0v) is 12.5. The lowest BCUT2D eigenvalue weighted by Gasteiger charge is -2.25. The first kappa shape index (κ1) is 15.1. The van der Waals surface area contributed by atoms with Crippen LogP contribution >= 0.6 is 0 Å². The maximum absolute atomic E-state index is 12.7. The summed E-state index contributed by atoms with van der Waals surface area (Å²) in [6, 6.07) is 21.6. The van der Waals surface area contributed by atoms with Crippen LogP contribution in [0.15, 0.2) is 83.5 Å². The smallest absolute Gasteiger partial charge is 0.264 e. The van der Waals surface area contributed by atoms with E-state index < -0.39 is 11.5 Å². The number of hydrogen-bond acceptors (Lipinski definition) is 3. The average molecular weight is 307 g/mol. The van der Waals surface area contributed by atoms with Gasteiger partial charge < -0.3 is 14.8 Å². The van der Waals surface area contributed by atoms with Crippen LogP contribution in [-0.2, 0) is 16.8 Å². The minimum Gasteiger partial charge on any atom is -0.466 e. The second-order valence-corrected chi connectivity index (χ2v) is 5.32. The van der Waals surface area contributed by atoms with Gasteiger partial charge in [-0.25, -0.2) is 0 Å². The summed E-state index contributed by atoms with van der Waals surface area (Å²) in [5, 5.41) is 13.8. The van der Waals surface area contributed by atoms with Crippen molar-refractivity contribution in [3.8, 4) is 0 Å². The van der Waals surface area contributed by atoms with Crippen molar-refractivity contribution in [1.82, 2.24) is 0 Å². The van der Waals surface area contributed by atoms with E-state index in [1.807, 2.05) is 48.5 Å². The van der Waals surface area contributed by atoms with Gasteiger partial charge in [-0.1, -0.05) is 48.5 Å². The highest BCUT2D eigenvalue weighted by Gasteiger charge is 2.41. The van der Waals surface area contributed by atoms with Crippen LogP contribution in [0, 0.1) is 0 Å². The number of aliphatic hydroxyl groups is 1. The summed E-state index contributed by atoms with van der Waals surface area (Å²) in [4.78, 5) is 12.7. The van der Waals surface area contributed by atoms with E-state index >= 15 is 0 Å².